The molecule has 4 aromatic rings. The third-order valence-corrected chi connectivity index (χ3v) is 9.91. The number of pyridine rings is 1. The molecule has 3 aromatic carbocycles. The van der Waals surface area contributed by atoms with Crippen LogP contribution in [0.5, 0.6) is 0 Å². The zero-order valence-corrected chi connectivity index (χ0v) is 22.8. The molecule has 0 aliphatic heterocycles. The molecule has 6 nitrogen and oxygen atoms in total. The highest BCUT2D eigenvalue weighted by molar-refractivity contribution is 7.91. The Morgan fingerprint density at radius 3 is 2.24 bits per heavy atom. The largest absolute Gasteiger partial charge is 0.392 e. The maximum Gasteiger partial charge on any atom is 0.175 e. The van der Waals surface area contributed by atoms with Crippen LogP contribution in [-0.4, -0.2) is 46.0 Å². The molecule has 0 unspecified atom stereocenters. The van der Waals surface area contributed by atoms with Crippen molar-refractivity contribution in [1.29, 1.82) is 0 Å². The number of hydrogen-bond acceptors (Lipinski definition) is 6. The van der Waals surface area contributed by atoms with E-state index in [1.807, 2.05) is 54.6 Å². The summed E-state index contributed by atoms with van der Waals surface area (Å²) in [5, 5.41) is 10.9. The average Bonchev–Trinajstić information content (AvgIpc) is 2.85. The van der Waals surface area contributed by atoms with Gasteiger partial charge >= 0.3 is 0 Å². The van der Waals surface area contributed by atoms with E-state index < -0.39 is 24.4 Å². The fourth-order valence-electron chi connectivity index (χ4n) is 4.11. The van der Waals surface area contributed by atoms with Crippen molar-refractivity contribution < 1.29 is 21.9 Å². The van der Waals surface area contributed by atoms with Crippen LogP contribution in [-0.2, 0) is 24.4 Å². The van der Waals surface area contributed by atoms with E-state index in [2.05, 4.69) is 4.98 Å². The lowest BCUT2D eigenvalue weighted by molar-refractivity contribution is 0.351. The van der Waals surface area contributed by atoms with Crippen LogP contribution >= 0.6 is 0 Å². The summed E-state index contributed by atoms with van der Waals surface area (Å²) in [6, 6.07) is 21.6. The first-order valence-electron chi connectivity index (χ1n) is 11.6. The third-order valence-electron chi connectivity index (χ3n) is 6.69. The first-order chi connectivity index (χ1) is 17.3. The van der Waals surface area contributed by atoms with Crippen LogP contribution in [0.2, 0.25) is 0 Å². The fourth-order valence-corrected chi connectivity index (χ4v) is 5.28. The van der Waals surface area contributed by atoms with Gasteiger partial charge in [0, 0.05) is 29.7 Å². The Balaban J connectivity index is 1.83. The van der Waals surface area contributed by atoms with Crippen molar-refractivity contribution in [1.82, 2.24) is 4.98 Å². The Morgan fingerprint density at radius 2 is 1.62 bits per heavy atom. The summed E-state index contributed by atoms with van der Waals surface area (Å²) >= 11 is 0. The zero-order valence-electron chi connectivity index (χ0n) is 21.1. The molecule has 0 aliphatic rings. The monoisotopic (exact) mass is 535 g/mol. The van der Waals surface area contributed by atoms with Crippen LogP contribution in [0.15, 0.2) is 83.9 Å². The molecule has 1 heterocycles. The molecule has 0 radical (unpaired) electrons. The van der Waals surface area contributed by atoms with Crippen LogP contribution < -0.4 is 0 Å². The van der Waals surface area contributed by atoms with Crippen molar-refractivity contribution in [3.05, 3.63) is 95.7 Å². The van der Waals surface area contributed by atoms with Crippen molar-refractivity contribution in [2.75, 3.05) is 19.1 Å². The highest BCUT2D eigenvalue weighted by Gasteiger charge is 2.33. The van der Waals surface area contributed by atoms with E-state index in [0.717, 1.165) is 33.8 Å². The Bertz CT molecular complexity index is 1720. The minimum atomic E-state index is -3.39. The fraction of sp³-hybridized carbons (Fsp3) is 0.207. The summed E-state index contributed by atoms with van der Waals surface area (Å²) in [7, 11) is -6.70. The molecule has 0 aliphatic carbocycles. The zero-order chi connectivity index (χ0) is 27.0. The second-order valence-corrected chi connectivity index (χ2v) is 14.2. The number of aromatic nitrogens is 1. The summed E-state index contributed by atoms with van der Waals surface area (Å²) in [6.45, 7) is 3.17. The van der Waals surface area contributed by atoms with Crippen LogP contribution in [0.1, 0.15) is 30.5 Å². The van der Waals surface area contributed by atoms with E-state index >= 15 is 0 Å². The van der Waals surface area contributed by atoms with Crippen LogP contribution in [0.25, 0.3) is 33.7 Å². The molecule has 0 bridgehead atoms. The average molecular weight is 536 g/mol. The number of rotatable bonds is 7. The lowest BCUT2D eigenvalue weighted by Crippen LogP contribution is -2.28. The summed E-state index contributed by atoms with van der Waals surface area (Å²) in [5.74, 6) is 0. The molecule has 0 amide bonds. The normalized spacial score (nSPS) is 13.2. The van der Waals surface area contributed by atoms with E-state index in [0.29, 0.717) is 16.7 Å². The van der Waals surface area contributed by atoms with Gasteiger partial charge in [0.05, 0.1) is 21.8 Å². The molecule has 0 spiro atoms. The number of aliphatic hydroxyl groups excluding tert-OH is 1. The number of fused-ring (bicyclic) bond motifs is 1. The summed E-state index contributed by atoms with van der Waals surface area (Å²) in [4.78, 5) is 4.79. The molecule has 0 saturated heterocycles. The van der Waals surface area contributed by atoms with Crippen molar-refractivity contribution >= 4 is 42.2 Å². The number of nitrogens with zero attached hydrogens (tertiary/aromatic N) is 1. The Kier molecular flexibility index (Phi) is 7.12. The maximum atomic E-state index is 12.6. The van der Waals surface area contributed by atoms with Crippen LogP contribution in [0.4, 0.5) is 0 Å². The molecular weight excluding hydrogens is 506 g/mol. The number of hydrogen-bond donors (Lipinski definition) is 1. The van der Waals surface area contributed by atoms with Gasteiger partial charge < -0.3 is 5.11 Å². The van der Waals surface area contributed by atoms with Gasteiger partial charge in [-0.2, -0.15) is 0 Å². The van der Waals surface area contributed by atoms with Crippen molar-refractivity contribution in [3.8, 4) is 11.1 Å². The smallest absolute Gasteiger partial charge is 0.175 e. The van der Waals surface area contributed by atoms with Gasteiger partial charge in [-0.3, -0.25) is 4.98 Å². The third kappa shape index (κ3) is 5.51. The molecule has 4 rings (SSSR count). The first-order valence-corrected chi connectivity index (χ1v) is 15.4. The van der Waals surface area contributed by atoms with E-state index in [4.69, 9.17) is 0 Å². The van der Waals surface area contributed by atoms with E-state index in [1.54, 1.807) is 32.2 Å². The molecular formula is C29H29NO5S2. The predicted octanol–water partition coefficient (Wildman–Crippen LogP) is 5.12. The van der Waals surface area contributed by atoms with Gasteiger partial charge in [-0.1, -0.05) is 36.4 Å². The molecule has 8 heteroatoms. The van der Waals surface area contributed by atoms with Crippen molar-refractivity contribution in [2.45, 2.75) is 23.5 Å². The molecule has 37 heavy (non-hydrogen) atoms. The summed E-state index contributed by atoms with van der Waals surface area (Å²) < 4.78 is 47.6. The quantitative estimate of drug-likeness (QED) is 0.330. The van der Waals surface area contributed by atoms with Crippen molar-refractivity contribution in [2.24, 2.45) is 0 Å². The molecule has 192 valence electrons. The summed E-state index contributed by atoms with van der Waals surface area (Å²) in [5.41, 5.74) is 5.27. The lowest BCUT2D eigenvalue weighted by atomic mass is 9.92. The first kappa shape index (κ1) is 26.7. The summed E-state index contributed by atoms with van der Waals surface area (Å²) in [6.07, 6.45) is 5.95. The second-order valence-electron chi connectivity index (χ2n) is 9.63. The van der Waals surface area contributed by atoms with Crippen molar-refractivity contribution in [3.63, 3.8) is 0 Å². The Hall–Kier alpha value is -3.33. The van der Waals surface area contributed by atoms with Gasteiger partial charge in [-0.05, 0) is 84.1 Å². The maximum absolute atomic E-state index is 12.6. The molecule has 1 aromatic heterocycles. The Labute approximate surface area is 218 Å². The highest BCUT2D eigenvalue weighted by Crippen LogP contribution is 2.36. The Morgan fingerprint density at radius 1 is 0.919 bits per heavy atom. The van der Waals surface area contributed by atoms with Gasteiger partial charge in [0.1, 0.15) is 0 Å². The van der Waals surface area contributed by atoms with Gasteiger partial charge in [0.25, 0.3) is 0 Å². The predicted molar refractivity (Wildman–Crippen MR) is 150 cm³/mol. The van der Waals surface area contributed by atoms with Gasteiger partial charge in [-0.25, -0.2) is 16.8 Å². The number of aliphatic hydroxyl groups is 1. The van der Waals surface area contributed by atoms with Gasteiger partial charge in [0.2, 0.25) is 0 Å². The topological polar surface area (TPSA) is 101 Å². The van der Waals surface area contributed by atoms with Crippen LogP contribution in [0.3, 0.4) is 0 Å². The highest BCUT2D eigenvalue weighted by atomic mass is 32.2. The molecule has 0 saturated carbocycles. The SMILES string of the molecule is CC(C)(c1cc(-c2cccc(/C=C(\CO)c3ccc(S(C)(=O)=O)cc3)c2)c2ncccc2c1)S(C)(=O)=O. The standard InChI is InChI=1S/C29H29NO5S2/c1-29(2,37(4,34)35)25-17-23-9-6-14-30-28(23)27(18-25)22-8-5-7-20(15-22)16-24(19-31)21-10-12-26(13-11-21)36(3,32)33/h5-18,31H,19H2,1-4H3/b24-16+. The molecule has 0 fully saturated rings. The minimum absolute atomic E-state index is 0.215. The van der Waals surface area contributed by atoms with E-state index in [-0.39, 0.29) is 11.5 Å². The van der Waals surface area contributed by atoms with E-state index in [9.17, 15) is 21.9 Å². The number of sulfone groups is 2. The lowest BCUT2D eigenvalue weighted by Gasteiger charge is -2.24. The van der Waals surface area contributed by atoms with Gasteiger partial charge in [-0.15, -0.1) is 0 Å². The second kappa shape index (κ2) is 9.85. The number of benzene rings is 3. The van der Waals surface area contributed by atoms with E-state index in [1.165, 1.54) is 18.4 Å². The van der Waals surface area contributed by atoms with Crippen LogP contribution in [0, 0.1) is 0 Å². The van der Waals surface area contributed by atoms with Gasteiger partial charge in [0.15, 0.2) is 19.7 Å². The minimum Gasteiger partial charge on any atom is -0.392 e. The molecule has 0 atom stereocenters. The molecule has 1 N–H and O–H groups in total.